The predicted octanol–water partition coefficient (Wildman–Crippen LogP) is 1.98. The first-order valence-electron chi connectivity index (χ1n) is 7.40. The third-order valence-corrected chi connectivity index (χ3v) is 6.66. The standard InChI is InChI=1S/C14H14N4O6S2/c1-24-14(19)16-13-15-9-6-7-17(8-11(9)25-13)26(22,23)12-5-3-2-4-10(12)18(20)21/h2-5H,6-8H2,1H3,(H,15,16,19). The van der Waals surface area contributed by atoms with Crippen LogP contribution in [0.4, 0.5) is 15.6 Å². The number of para-hydroxylation sites is 1. The molecule has 3 rings (SSSR count). The van der Waals surface area contributed by atoms with Crippen molar-refractivity contribution < 1.29 is 22.9 Å². The fraction of sp³-hybridized carbons (Fsp3) is 0.286. The Morgan fingerprint density at radius 3 is 2.85 bits per heavy atom. The van der Waals surface area contributed by atoms with Gasteiger partial charge in [0.1, 0.15) is 0 Å². The summed E-state index contributed by atoms with van der Waals surface area (Å²) in [6.45, 7) is 0.174. The van der Waals surface area contributed by atoms with Crippen LogP contribution in [0.25, 0.3) is 0 Å². The van der Waals surface area contributed by atoms with E-state index in [1.54, 1.807) is 0 Å². The van der Waals surface area contributed by atoms with Crippen molar-refractivity contribution in [2.45, 2.75) is 17.9 Å². The lowest BCUT2D eigenvalue weighted by Crippen LogP contribution is -2.35. The van der Waals surface area contributed by atoms with Gasteiger partial charge in [0.05, 0.1) is 24.3 Å². The Balaban J connectivity index is 1.88. The summed E-state index contributed by atoms with van der Waals surface area (Å²) in [7, 11) is -2.81. The van der Waals surface area contributed by atoms with Crippen molar-refractivity contribution in [2.24, 2.45) is 0 Å². The molecule has 1 aliphatic heterocycles. The first-order valence-corrected chi connectivity index (χ1v) is 9.65. The second-order valence-electron chi connectivity index (χ2n) is 5.32. The third kappa shape index (κ3) is 3.38. The van der Waals surface area contributed by atoms with Crippen molar-refractivity contribution in [3.63, 3.8) is 0 Å². The number of methoxy groups -OCH3 is 1. The first-order chi connectivity index (χ1) is 12.3. The lowest BCUT2D eigenvalue weighted by molar-refractivity contribution is -0.387. The molecular weight excluding hydrogens is 384 g/mol. The molecule has 2 aromatic rings. The minimum absolute atomic E-state index is 0.0320. The zero-order chi connectivity index (χ0) is 18.9. The van der Waals surface area contributed by atoms with E-state index in [1.807, 2.05) is 0 Å². The van der Waals surface area contributed by atoms with E-state index < -0.39 is 26.7 Å². The second kappa shape index (κ2) is 6.97. The van der Waals surface area contributed by atoms with E-state index in [-0.39, 0.29) is 18.0 Å². The Bertz CT molecular complexity index is 972. The van der Waals surface area contributed by atoms with Crippen molar-refractivity contribution in [3.05, 3.63) is 45.0 Å². The van der Waals surface area contributed by atoms with E-state index in [4.69, 9.17) is 0 Å². The van der Waals surface area contributed by atoms with E-state index >= 15 is 0 Å². The van der Waals surface area contributed by atoms with Gasteiger partial charge in [-0.25, -0.2) is 18.2 Å². The van der Waals surface area contributed by atoms with Gasteiger partial charge in [0.15, 0.2) is 10.0 Å². The number of nitrogens with one attached hydrogen (secondary N) is 1. The highest BCUT2D eigenvalue weighted by Gasteiger charge is 2.34. The van der Waals surface area contributed by atoms with Crippen LogP contribution in [-0.4, -0.2) is 42.4 Å². The fourth-order valence-corrected chi connectivity index (χ4v) is 5.19. The zero-order valence-corrected chi connectivity index (χ0v) is 15.2. The number of carbonyl (C=O) groups is 1. The van der Waals surface area contributed by atoms with E-state index in [9.17, 15) is 23.3 Å². The molecule has 10 nitrogen and oxygen atoms in total. The Labute approximate surface area is 152 Å². The molecule has 26 heavy (non-hydrogen) atoms. The van der Waals surface area contributed by atoms with Gasteiger partial charge in [-0.15, -0.1) is 0 Å². The number of hydrogen-bond acceptors (Lipinski definition) is 8. The number of rotatable bonds is 4. The van der Waals surface area contributed by atoms with Crippen LogP contribution in [0.15, 0.2) is 29.2 Å². The lowest BCUT2D eigenvalue weighted by atomic mass is 10.2. The molecule has 0 bridgehead atoms. The molecule has 0 aliphatic carbocycles. The van der Waals surface area contributed by atoms with Gasteiger partial charge in [-0.1, -0.05) is 23.5 Å². The average molecular weight is 398 g/mol. The van der Waals surface area contributed by atoms with E-state index in [0.29, 0.717) is 22.1 Å². The van der Waals surface area contributed by atoms with Gasteiger partial charge >= 0.3 is 6.09 Å². The summed E-state index contributed by atoms with van der Waals surface area (Å²) in [6.07, 6.45) is -0.324. The minimum Gasteiger partial charge on any atom is -0.453 e. The summed E-state index contributed by atoms with van der Waals surface area (Å²) >= 11 is 1.14. The Hall–Kier alpha value is -2.57. The van der Waals surface area contributed by atoms with Crippen LogP contribution in [0.5, 0.6) is 0 Å². The zero-order valence-electron chi connectivity index (χ0n) is 13.5. The highest BCUT2D eigenvalue weighted by Crippen LogP contribution is 2.33. The summed E-state index contributed by atoms with van der Waals surface area (Å²) in [4.78, 5) is 26.3. The van der Waals surface area contributed by atoms with Crippen LogP contribution in [0, 0.1) is 10.1 Å². The smallest absolute Gasteiger partial charge is 0.413 e. The van der Waals surface area contributed by atoms with Crippen LogP contribution in [-0.2, 0) is 27.7 Å². The predicted molar refractivity (Wildman–Crippen MR) is 92.5 cm³/mol. The molecule has 1 aliphatic rings. The quantitative estimate of drug-likeness (QED) is 0.615. The number of nitrogens with zero attached hydrogens (tertiary/aromatic N) is 3. The largest absolute Gasteiger partial charge is 0.453 e. The molecule has 138 valence electrons. The second-order valence-corrected chi connectivity index (χ2v) is 8.31. The van der Waals surface area contributed by atoms with Crippen molar-refractivity contribution in [3.8, 4) is 0 Å². The molecule has 0 spiro atoms. The van der Waals surface area contributed by atoms with Gasteiger partial charge in [0, 0.05) is 23.9 Å². The number of aromatic nitrogens is 1. The molecule has 1 N–H and O–H groups in total. The summed E-state index contributed by atoms with van der Waals surface area (Å²) in [5.41, 5.74) is 0.228. The van der Waals surface area contributed by atoms with Crippen molar-refractivity contribution in [1.29, 1.82) is 0 Å². The monoisotopic (exact) mass is 398 g/mol. The highest BCUT2D eigenvalue weighted by molar-refractivity contribution is 7.89. The van der Waals surface area contributed by atoms with Crippen molar-refractivity contribution in [1.82, 2.24) is 9.29 Å². The van der Waals surface area contributed by atoms with Crippen LogP contribution in [0.1, 0.15) is 10.6 Å². The molecule has 0 radical (unpaired) electrons. The Morgan fingerprint density at radius 1 is 1.42 bits per heavy atom. The number of ether oxygens (including phenoxy) is 1. The first kappa shape index (κ1) is 18.2. The molecule has 1 amide bonds. The van der Waals surface area contributed by atoms with Gasteiger partial charge in [0.2, 0.25) is 10.0 Å². The molecule has 0 unspecified atom stereocenters. The van der Waals surface area contributed by atoms with E-state index in [0.717, 1.165) is 17.4 Å². The number of amides is 1. The van der Waals surface area contributed by atoms with Crippen molar-refractivity contribution >= 4 is 38.3 Å². The van der Waals surface area contributed by atoms with Crippen LogP contribution < -0.4 is 5.32 Å². The van der Waals surface area contributed by atoms with Crippen LogP contribution in [0.3, 0.4) is 0 Å². The van der Waals surface area contributed by atoms with Gasteiger partial charge in [-0.3, -0.25) is 15.4 Å². The minimum atomic E-state index is -4.04. The molecule has 1 aromatic heterocycles. The van der Waals surface area contributed by atoms with Gasteiger partial charge in [0.25, 0.3) is 5.69 Å². The highest BCUT2D eigenvalue weighted by atomic mass is 32.2. The van der Waals surface area contributed by atoms with Crippen LogP contribution >= 0.6 is 11.3 Å². The number of anilines is 1. The normalized spacial score (nSPS) is 14.5. The number of benzene rings is 1. The average Bonchev–Trinajstić information content (AvgIpc) is 3.02. The van der Waals surface area contributed by atoms with Crippen LogP contribution in [0.2, 0.25) is 0 Å². The number of nitro benzene ring substituents is 1. The van der Waals surface area contributed by atoms with Gasteiger partial charge in [-0.05, 0) is 6.07 Å². The third-order valence-electron chi connectivity index (χ3n) is 3.77. The maximum Gasteiger partial charge on any atom is 0.413 e. The molecular formula is C14H14N4O6S2. The molecule has 12 heteroatoms. The van der Waals surface area contributed by atoms with Gasteiger partial charge < -0.3 is 4.74 Å². The number of thiazole rings is 1. The molecule has 1 aromatic carbocycles. The topological polar surface area (TPSA) is 132 Å². The molecule has 0 fully saturated rings. The molecule has 0 saturated heterocycles. The number of hydrogen-bond donors (Lipinski definition) is 1. The Morgan fingerprint density at radius 2 is 2.15 bits per heavy atom. The lowest BCUT2D eigenvalue weighted by Gasteiger charge is -2.25. The summed E-state index contributed by atoms with van der Waals surface area (Å²) in [5.74, 6) is 0. The number of fused-ring (bicyclic) bond motifs is 1. The van der Waals surface area contributed by atoms with E-state index in [2.05, 4.69) is 15.0 Å². The summed E-state index contributed by atoms with van der Waals surface area (Å²) < 4.78 is 31.4. The number of carbonyl (C=O) groups excluding carboxylic acids is 1. The SMILES string of the molecule is COC(=O)Nc1nc2c(s1)CN(S(=O)(=O)c1ccccc1[N+](=O)[O-])CC2. The van der Waals surface area contributed by atoms with Gasteiger partial charge in [-0.2, -0.15) is 4.31 Å². The number of sulfonamides is 1. The maximum atomic E-state index is 12.9. The van der Waals surface area contributed by atoms with E-state index in [1.165, 1.54) is 29.6 Å². The number of nitro groups is 1. The maximum absolute atomic E-state index is 12.9. The molecule has 0 atom stereocenters. The summed E-state index contributed by atoms with van der Waals surface area (Å²) in [5, 5.41) is 13.9. The Kier molecular flexibility index (Phi) is 4.89. The molecule has 2 heterocycles. The van der Waals surface area contributed by atoms with Crippen molar-refractivity contribution in [2.75, 3.05) is 19.0 Å². The molecule has 0 saturated carbocycles. The summed E-state index contributed by atoms with van der Waals surface area (Å²) in [6, 6.07) is 5.24. The fourth-order valence-electron chi connectivity index (χ4n) is 2.53.